The fourth-order valence-corrected chi connectivity index (χ4v) is 11.2. The number of halogens is 4. The van der Waals surface area contributed by atoms with Crippen LogP contribution in [0.4, 0.5) is 0 Å². The molecule has 0 spiro atoms. The molecule has 0 fully saturated rings. The summed E-state index contributed by atoms with van der Waals surface area (Å²) in [6.45, 7) is 4.21. The van der Waals surface area contributed by atoms with Gasteiger partial charge in [0.15, 0.2) is 11.2 Å². The Hall–Kier alpha value is -0.480. The molecule has 0 aliphatic rings. The van der Waals surface area contributed by atoms with E-state index in [-0.39, 0.29) is 0 Å². The molecule has 0 bridgehead atoms. The highest BCUT2D eigenvalue weighted by molar-refractivity contribution is 9.11. The largest absolute Gasteiger partial charge is 0.451 e. The highest BCUT2D eigenvalue weighted by atomic mass is 79.9. The number of fused-ring (bicyclic) bond motifs is 5. The van der Waals surface area contributed by atoms with Gasteiger partial charge in [-0.1, -0.05) is 56.1 Å². The molecule has 0 saturated carbocycles. The second-order valence-electron chi connectivity index (χ2n) is 7.64. The van der Waals surface area contributed by atoms with E-state index in [1.165, 1.54) is 50.8 Å². The summed E-state index contributed by atoms with van der Waals surface area (Å²) in [4.78, 5) is 2.41. The van der Waals surface area contributed by atoms with E-state index in [0.717, 1.165) is 29.1 Å². The monoisotopic (exact) mass is 728 g/mol. The van der Waals surface area contributed by atoms with Gasteiger partial charge in [0.05, 0.1) is 37.5 Å². The fraction of sp³-hybridized carbons (Fsp3) is 0.0833. The van der Waals surface area contributed by atoms with E-state index < -0.39 is 0 Å². The molecule has 0 aliphatic carbocycles. The van der Waals surface area contributed by atoms with Crippen molar-refractivity contribution in [2.24, 2.45) is 0 Å². The predicted molar refractivity (Wildman–Crippen MR) is 156 cm³/mol. The van der Waals surface area contributed by atoms with Crippen molar-refractivity contribution in [2.75, 3.05) is 0 Å². The zero-order valence-electron chi connectivity index (χ0n) is 16.6. The van der Waals surface area contributed by atoms with Crippen molar-refractivity contribution >= 4 is 128 Å². The molecule has 2 aromatic carbocycles. The lowest BCUT2D eigenvalue weighted by Crippen LogP contribution is -1.79. The smallest absolute Gasteiger partial charge is 0.165 e. The summed E-state index contributed by atoms with van der Waals surface area (Å²) in [6, 6.07) is 13.0. The number of thiophene rings is 3. The van der Waals surface area contributed by atoms with Crippen molar-refractivity contribution in [3.05, 3.63) is 65.4 Å². The minimum atomic E-state index is 0.934. The SMILES string of the molecule is Cc1ccc(-c2sc3c(oc4c5sc(-c6ccc(C)cc6Br)c(Br)c5sc43)c2Br)c(Br)c1. The van der Waals surface area contributed by atoms with Gasteiger partial charge in [-0.15, -0.1) is 34.0 Å². The zero-order valence-corrected chi connectivity index (χ0v) is 25.4. The maximum atomic E-state index is 6.49. The predicted octanol–water partition coefficient (Wildman–Crippen LogP) is 11.9. The molecule has 0 amide bonds. The van der Waals surface area contributed by atoms with Gasteiger partial charge in [0.1, 0.15) is 0 Å². The summed E-state index contributed by atoms with van der Waals surface area (Å²) in [7, 11) is 0. The summed E-state index contributed by atoms with van der Waals surface area (Å²) in [5.41, 5.74) is 6.77. The first-order chi connectivity index (χ1) is 15.3. The lowest BCUT2D eigenvalue weighted by Gasteiger charge is -2.04. The topological polar surface area (TPSA) is 13.1 Å². The molecule has 0 aliphatic heterocycles. The van der Waals surface area contributed by atoms with Gasteiger partial charge < -0.3 is 4.42 Å². The summed E-state index contributed by atoms with van der Waals surface area (Å²) >= 11 is 20.6. The Morgan fingerprint density at radius 1 is 0.594 bits per heavy atom. The van der Waals surface area contributed by atoms with Crippen LogP contribution < -0.4 is 0 Å². The molecule has 160 valence electrons. The summed E-state index contributed by atoms with van der Waals surface area (Å²) < 4.78 is 15.7. The van der Waals surface area contributed by atoms with Crippen LogP contribution in [-0.2, 0) is 0 Å². The Labute approximate surface area is 230 Å². The molecule has 32 heavy (non-hydrogen) atoms. The van der Waals surface area contributed by atoms with Crippen molar-refractivity contribution in [3.63, 3.8) is 0 Å². The molecule has 8 heteroatoms. The van der Waals surface area contributed by atoms with Gasteiger partial charge in [-0.25, -0.2) is 0 Å². The normalized spacial score (nSPS) is 12.1. The van der Waals surface area contributed by atoms with Crippen molar-refractivity contribution in [1.82, 2.24) is 0 Å². The Morgan fingerprint density at radius 3 is 1.66 bits per heavy atom. The van der Waals surface area contributed by atoms with Gasteiger partial charge in [-0.3, -0.25) is 0 Å². The van der Waals surface area contributed by atoms with Crippen LogP contribution in [0.5, 0.6) is 0 Å². The van der Waals surface area contributed by atoms with Crippen LogP contribution in [0.3, 0.4) is 0 Å². The highest BCUT2D eigenvalue weighted by Crippen LogP contribution is 2.55. The maximum absolute atomic E-state index is 6.49. The van der Waals surface area contributed by atoms with E-state index >= 15 is 0 Å². The molecule has 0 atom stereocenters. The van der Waals surface area contributed by atoms with Crippen molar-refractivity contribution in [3.8, 4) is 20.9 Å². The molecule has 6 rings (SSSR count). The highest BCUT2D eigenvalue weighted by Gasteiger charge is 2.26. The van der Waals surface area contributed by atoms with Crippen LogP contribution in [-0.4, -0.2) is 0 Å². The molecular formula is C24H12Br4OS3. The summed E-state index contributed by atoms with van der Waals surface area (Å²) in [5.74, 6) is 0. The molecule has 0 N–H and O–H groups in total. The number of hydrogen-bond donors (Lipinski definition) is 0. The van der Waals surface area contributed by atoms with Crippen LogP contribution in [0, 0.1) is 13.8 Å². The number of benzene rings is 2. The Bertz CT molecular complexity index is 1570. The number of rotatable bonds is 2. The first-order valence-corrected chi connectivity index (χ1v) is 15.2. The van der Waals surface area contributed by atoms with Crippen LogP contribution in [0.1, 0.15) is 11.1 Å². The molecule has 0 unspecified atom stereocenters. The molecule has 6 aromatic rings. The quantitative estimate of drug-likeness (QED) is 0.173. The standard InChI is InChI=1S/C24H12Br4OS3/c1-9-3-5-11(13(25)7-9)19-15(27)17-22(30-19)24-18(29-17)23-21(32-24)16(28)20(31-23)12-6-4-10(2)8-14(12)26/h3-8H,1-2H3. The Morgan fingerprint density at radius 2 is 1.09 bits per heavy atom. The summed E-state index contributed by atoms with van der Waals surface area (Å²) in [5, 5.41) is 0. The zero-order chi connectivity index (χ0) is 22.3. The second-order valence-corrected chi connectivity index (χ2v) is 14.0. The molecule has 4 heterocycles. The minimum absolute atomic E-state index is 0.934. The van der Waals surface area contributed by atoms with Crippen LogP contribution in [0.15, 0.2) is 58.7 Å². The van der Waals surface area contributed by atoms with E-state index in [2.05, 4.69) is 114 Å². The lowest BCUT2D eigenvalue weighted by molar-refractivity contribution is 0.673. The van der Waals surface area contributed by atoms with Crippen molar-refractivity contribution in [2.45, 2.75) is 13.8 Å². The molecule has 4 aromatic heterocycles. The molecule has 1 nitrogen and oxygen atoms in total. The first-order valence-electron chi connectivity index (χ1n) is 9.61. The maximum Gasteiger partial charge on any atom is 0.165 e. The number of hydrogen-bond acceptors (Lipinski definition) is 4. The second kappa shape index (κ2) is 8.04. The van der Waals surface area contributed by atoms with Crippen molar-refractivity contribution in [1.29, 1.82) is 0 Å². The van der Waals surface area contributed by atoms with Gasteiger partial charge in [-0.2, -0.15) is 0 Å². The Balaban J connectivity index is 1.57. The van der Waals surface area contributed by atoms with Gasteiger partial charge in [0.2, 0.25) is 0 Å². The molecular weight excluding hydrogens is 720 g/mol. The first kappa shape index (κ1) is 22.0. The van der Waals surface area contributed by atoms with Gasteiger partial charge in [0.25, 0.3) is 0 Å². The van der Waals surface area contributed by atoms with Gasteiger partial charge >= 0.3 is 0 Å². The summed E-state index contributed by atoms with van der Waals surface area (Å²) in [6.07, 6.45) is 0. The third-order valence-corrected chi connectivity index (χ3v) is 12.9. The minimum Gasteiger partial charge on any atom is -0.451 e. The van der Waals surface area contributed by atoms with E-state index in [1.807, 2.05) is 0 Å². The van der Waals surface area contributed by atoms with E-state index in [9.17, 15) is 0 Å². The van der Waals surface area contributed by atoms with Gasteiger partial charge in [-0.05, 0) is 69.0 Å². The van der Waals surface area contributed by atoms with Crippen LogP contribution in [0.25, 0.3) is 50.8 Å². The fourth-order valence-electron chi connectivity index (χ4n) is 3.82. The average molecular weight is 732 g/mol. The molecule has 0 saturated heterocycles. The van der Waals surface area contributed by atoms with Gasteiger partial charge in [0, 0.05) is 20.1 Å². The van der Waals surface area contributed by atoms with E-state index in [4.69, 9.17) is 4.42 Å². The van der Waals surface area contributed by atoms with Crippen molar-refractivity contribution < 1.29 is 4.42 Å². The Kier molecular flexibility index (Phi) is 5.53. The number of furan rings is 1. The van der Waals surface area contributed by atoms with E-state index in [1.54, 1.807) is 34.0 Å². The average Bonchev–Trinajstić information content (AvgIpc) is 3.43. The van der Waals surface area contributed by atoms with E-state index in [0.29, 0.717) is 0 Å². The number of aryl methyl sites for hydroxylation is 2. The van der Waals surface area contributed by atoms with Crippen LogP contribution in [0.2, 0.25) is 0 Å². The molecule has 0 radical (unpaired) electrons. The lowest BCUT2D eigenvalue weighted by atomic mass is 10.1. The third kappa shape index (κ3) is 3.28. The van der Waals surface area contributed by atoms with Crippen LogP contribution >= 0.6 is 97.7 Å². The third-order valence-electron chi connectivity index (χ3n) is 5.38.